The molecule has 0 radical (unpaired) electrons. The van der Waals surface area contributed by atoms with Crippen LogP contribution in [-0.4, -0.2) is 74.4 Å². The van der Waals surface area contributed by atoms with Crippen molar-refractivity contribution in [1.29, 1.82) is 0 Å². The molecular formula is C28H36N6O5. The van der Waals surface area contributed by atoms with Gasteiger partial charge in [-0.25, -0.2) is 9.59 Å². The lowest BCUT2D eigenvalue weighted by Gasteiger charge is -2.39. The maximum atomic E-state index is 12.1. The van der Waals surface area contributed by atoms with E-state index in [1.54, 1.807) is 38.1 Å². The monoisotopic (exact) mass is 536 g/mol. The van der Waals surface area contributed by atoms with Crippen LogP contribution in [0.3, 0.4) is 0 Å². The first-order valence-electron chi connectivity index (χ1n) is 13.6. The number of nitrogens with one attached hydrogen (secondary N) is 2. The van der Waals surface area contributed by atoms with E-state index in [0.29, 0.717) is 41.1 Å². The van der Waals surface area contributed by atoms with E-state index in [0.717, 1.165) is 25.9 Å². The Morgan fingerprint density at radius 1 is 1.00 bits per heavy atom. The Kier molecular flexibility index (Phi) is 7.99. The number of hydrogen-bond donors (Lipinski definition) is 4. The van der Waals surface area contributed by atoms with Gasteiger partial charge in [-0.1, -0.05) is 23.7 Å². The van der Waals surface area contributed by atoms with Crippen molar-refractivity contribution in [3.63, 3.8) is 0 Å². The first-order valence-corrected chi connectivity index (χ1v) is 13.6. The normalized spacial score (nSPS) is 20.3. The molecule has 0 atom stereocenters. The number of anilines is 2. The highest BCUT2D eigenvalue weighted by molar-refractivity contribution is 5.98. The molecule has 4 N–H and O–H groups in total. The van der Waals surface area contributed by atoms with Gasteiger partial charge in [-0.2, -0.15) is 0 Å². The van der Waals surface area contributed by atoms with Crippen molar-refractivity contribution in [3.8, 4) is 0 Å². The van der Waals surface area contributed by atoms with Crippen molar-refractivity contribution < 1.29 is 24.2 Å². The van der Waals surface area contributed by atoms with Gasteiger partial charge in [-0.05, 0) is 70.3 Å². The summed E-state index contributed by atoms with van der Waals surface area (Å²) < 4.78 is 5.87. The molecule has 4 heterocycles. The smallest absolute Gasteiger partial charge is 0.334 e. The van der Waals surface area contributed by atoms with Crippen LogP contribution >= 0.6 is 0 Å². The van der Waals surface area contributed by atoms with Crippen LogP contribution in [0, 0.1) is 0 Å². The van der Waals surface area contributed by atoms with Gasteiger partial charge in [-0.3, -0.25) is 4.90 Å². The van der Waals surface area contributed by atoms with E-state index in [4.69, 9.17) is 4.42 Å². The van der Waals surface area contributed by atoms with E-state index >= 15 is 0 Å². The molecule has 0 unspecified atom stereocenters. The SMILES string of the molecule is CC1=C(C(=O)O)C(c2cccc(Nc3nnc(CN4CCC(N5CCCCC5)CC4)o3)c2)C(C(=O)O)=C(C)N1. The van der Waals surface area contributed by atoms with Crippen LogP contribution in [0.25, 0.3) is 0 Å². The van der Waals surface area contributed by atoms with Crippen molar-refractivity contribution >= 4 is 23.6 Å². The van der Waals surface area contributed by atoms with Crippen LogP contribution in [0.5, 0.6) is 0 Å². The number of aliphatic carboxylic acids is 2. The standard InChI is InChI=1S/C28H36N6O5/c1-17-23(26(35)36)25(24(27(37)38)18(2)29-17)19-7-6-8-20(15-19)30-28-32-31-22(39-28)16-33-13-9-21(10-14-33)34-11-4-3-5-12-34/h6-8,15,21,25,29H,3-5,9-14,16H2,1-2H3,(H,30,32)(H,35,36)(H,37,38). The third-order valence-corrected chi connectivity index (χ3v) is 7.98. The molecule has 2 aromatic rings. The summed E-state index contributed by atoms with van der Waals surface area (Å²) in [4.78, 5) is 29.2. The Labute approximate surface area is 227 Å². The van der Waals surface area contributed by atoms with Gasteiger partial charge in [-0.15, -0.1) is 5.10 Å². The molecule has 0 bridgehead atoms. The van der Waals surface area contributed by atoms with Crippen molar-refractivity contribution in [2.24, 2.45) is 0 Å². The highest BCUT2D eigenvalue weighted by Gasteiger charge is 2.36. The Morgan fingerprint density at radius 2 is 1.67 bits per heavy atom. The second-order valence-electron chi connectivity index (χ2n) is 10.6. The van der Waals surface area contributed by atoms with Crippen LogP contribution < -0.4 is 10.6 Å². The lowest BCUT2D eigenvalue weighted by molar-refractivity contribution is -0.133. The van der Waals surface area contributed by atoms with E-state index in [-0.39, 0.29) is 17.2 Å². The second-order valence-corrected chi connectivity index (χ2v) is 10.6. The first kappa shape index (κ1) is 26.9. The predicted octanol–water partition coefficient (Wildman–Crippen LogP) is 3.67. The quantitative estimate of drug-likeness (QED) is 0.392. The topological polar surface area (TPSA) is 144 Å². The van der Waals surface area contributed by atoms with Crippen LogP contribution in [0.1, 0.15) is 63.3 Å². The molecule has 1 aromatic heterocycles. The molecule has 39 heavy (non-hydrogen) atoms. The molecule has 0 spiro atoms. The summed E-state index contributed by atoms with van der Waals surface area (Å²) in [6, 6.07) is 7.87. The van der Waals surface area contributed by atoms with Gasteiger partial charge in [0.15, 0.2) is 0 Å². The third-order valence-electron chi connectivity index (χ3n) is 7.98. The highest BCUT2D eigenvalue weighted by atomic mass is 16.4. The minimum Gasteiger partial charge on any atom is -0.478 e. The molecule has 2 fully saturated rings. The van der Waals surface area contributed by atoms with Gasteiger partial charge in [0.25, 0.3) is 0 Å². The number of carboxylic acids is 2. The fraction of sp³-hybridized carbons (Fsp3) is 0.500. The molecule has 1 aromatic carbocycles. The average Bonchev–Trinajstić information content (AvgIpc) is 3.35. The van der Waals surface area contributed by atoms with E-state index in [2.05, 4.69) is 30.6 Å². The number of carbonyl (C=O) groups is 2. The minimum absolute atomic E-state index is 0.000663. The molecule has 11 heteroatoms. The fourth-order valence-electron chi connectivity index (χ4n) is 6.10. The van der Waals surface area contributed by atoms with Gasteiger partial charge in [0.2, 0.25) is 5.89 Å². The summed E-state index contributed by atoms with van der Waals surface area (Å²) in [5, 5.41) is 34.1. The highest BCUT2D eigenvalue weighted by Crippen LogP contribution is 2.39. The number of dihydropyridines is 1. The van der Waals surface area contributed by atoms with Gasteiger partial charge in [0.1, 0.15) is 0 Å². The van der Waals surface area contributed by atoms with Crippen molar-refractivity contribution in [2.45, 2.75) is 64.5 Å². The number of piperidine rings is 2. The fourth-order valence-corrected chi connectivity index (χ4v) is 6.10. The number of aromatic nitrogens is 2. The number of nitrogens with zero attached hydrogens (tertiary/aromatic N) is 4. The molecule has 11 nitrogen and oxygen atoms in total. The lowest BCUT2D eigenvalue weighted by Crippen LogP contribution is -2.46. The van der Waals surface area contributed by atoms with E-state index < -0.39 is 17.9 Å². The average molecular weight is 537 g/mol. The Balaban J connectivity index is 1.25. The summed E-state index contributed by atoms with van der Waals surface area (Å²) in [6.07, 6.45) is 6.29. The Morgan fingerprint density at radius 3 is 2.31 bits per heavy atom. The van der Waals surface area contributed by atoms with Crippen LogP contribution in [0.4, 0.5) is 11.7 Å². The molecule has 0 saturated carbocycles. The number of hydrogen-bond acceptors (Lipinski definition) is 9. The molecule has 2 saturated heterocycles. The molecule has 208 valence electrons. The summed E-state index contributed by atoms with van der Waals surface area (Å²) in [6.45, 7) is 8.32. The maximum absolute atomic E-state index is 12.1. The Hall–Kier alpha value is -3.70. The van der Waals surface area contributed by atoms with Gasteiger partial charge < -0.3 is 30.2 Å². The molecule has 3 aliphatic rings. The summed E-state index contributed by atoms with van der Waals surface area (Å²) >= 11 is 0. The molecule has 0 aliphatic carbocycles. The predicted molar refractivity (Wildman–Crippen MR) is 144 cm³/mol. The largest absolute Gasteiger partial charge is 0.478 e. The number of rotatable bonds is 8. The van der Waals surface area contributed by atoms with Crippen LogP contribution in [-0.2, 0) is 16.1 Å². The molecular weight excluding hydrogens is 500 g/mol. The number of benzene rings is 1. The number of allylic oxidation sites excluding steroid dienone is 2. The molecule has 5 rings (SSSR count). The van der Waals surface area contributed by atoms with Gasteiger partial charge in [0, 0.05) is 36.2 Å². The van der Waals surface area contributed by atoms with Crippen molar-refractivity contribution in [2.75, 3.05) is 31.5 Å². The summed E-state index contributed by atoms with van der Waals surface area (Å²) in [7, 11) is 0. The zero-order valence-corrected chi connectivity index (χ0v) is 22.4. The zero-order chi connectivity index (χ0) is 27.5. The second kappa shape index (κ2) is 11.6. The van der Waals surface area contributed by atoms with Crippen LogP contribution in [0.15, 0.2) is 51.2 Å². The lowest BCUT2D eigenvalue weighted by atomic mass is 9.80. The Bertz CT molecular complexity index is 1250. The van der Waals surface area contributed by atoms with Crippen molar-refractivity contribution in [3.05, 3.63) is 58.3 Å². The van der Waals surface area contributed by atoms with Gasteiger partial charge >= 0.3 is 18.0 Å². The van der Waals surface area contributed by atoms with E-state index in [1.165, 1.54) is 32.4 Å². The minimum atomic E-state index is -1.17. The zero-order valence-electron chi connectivity index (χ0n) is 22.4. The third kappa shape index (κ3) is 5.99. The number of likely N-dealkylation sites (tertiary alicyclic amines) is 2. The maximum Gasteiger partial charge on any atom is 0.334 e. The summed E-state index contributed by atoms with van der Waals surface area (Å²) in [5.74, 6) is -2.75. The van der Waals surface area contributed by atoms with E-state index in [1.807, 2.05) is 0 Å². The van der Waals surface area contributed by atoms with Crippen LogP contribution in [0.2, 0.25) is 0 Å². The van der Waals surface area contributed by atoms with Crippen molar-refractivity contribution in [1.82, 2.24) is 25.3 Å². The molecule has 3 aliphatic heterocycles. The number of carboxylic acid groups (broad SMARTS) is 2. The summed E-state index contributed by atoms with van der Waals surface area (Å²) in [5.41, 5.74) is 1.95. The molecule has 0 amide bonds. The van der Waals surface area contributed by atoms with E-state index in [9.17, 15) is 19.8 Å². The van der Waals surface area contributed by atoms with Gasteiger partial charge in [0.05, 0.1) is 23.6 Å². The first-order chi connectivity index (χ1) is 18.8.